The SMILES string of the molecule is O=C(CN1C(=O)S/C(=C/c2ccc(-c3ccc(Cl)cc3Cl)o2)C1=O)N1CCCCC1. The molecule has 2 aromatic rings. The standard InChI is InChI=1S/C21H18Cl2N2O4S/c22-13-4-6-15(16(23)10-13)17-7-5-14(29-17)11-18-20(27)25(21(28)30-18)12-19(26)24-8-2-1-3-9-24/h4-7,10-11H,1-3,8-9,12H2/b18-11+. The normalized spacial score (nSPS) is 18.5. The van der Waals surface area contributed by atoms with Gasteiger partial charge in [0.15, 0.2) is 0 Å². The number of imide groups is 1. The van der Waals surface area contributed by atoms with E-state index in [1.165, 1.54) is 6.08 Å². The van der Waals surface area contributed by atoms with Gasteiger partial charge in [0, 0.05) is 29.8 Å². The van der Waals surface area contributed by atoms with Gasteiger partial charge in [-0.05, 0) is 61.4 Å². The summed E-state index contributed by atoms with van der Waals surface area (Å²) in [4.78, 5) is 40.3. The lowest BCUT2D eigenvalue weighted by molar-refractivity contribution is -0.136. The third-order valence-corrected chi connectivity index (χ3v) is 6.43. The van der Waals surface area contributed by atoms with Crippen molar-refractivity contribution in [3.8, 4) is 11.3 Å². The third kappa shape index (κ3) is 4.43. The molecule has 9 heteroatoms. The van der Waals surface area contributed by atoms with Crippen LogP contribution in [0, 0.1) is 0 Å². The van der Waals surface area contributed by atoms with Crippen LogP contribution in [0.2, 0.25) is 10.0 Å². The lowest BCUT2D eigenvalue weighted by atomic mass is 10.1. The molecular formula is C21H18Cl2N2O4S. The number of piperidine rings is 1. The fourth-order valence-corrected chi connectivity index (χ4v) is 4.73. The summed E-state index contributed by atoms with van der Waals surface area (Å²) in [7, 11) is 0. The van der Waals surface area contributed by atoms with Gasteiger partial charge in [-0.2, -0.15) is 0 Å². The first-order chi connectivity index (χ1) is 14.4. The molecule has 0 aliphatic carbocycles. The molecular weight excluding hydrogens is 447 g/mol. The van der Waals surface area contributed by atoms with Gasteiger partial charge in [-0.25, -0.2) is 0 Å². The Kier molecular flexibility index (Phi) is 6.22. The van der Waals surface area contributed by atoms with Gasteiger partial charge in [-0.15, -0.1) is 0 Å². The molecule has 2 fully saturated rings. The van der Waals surface area contributed by atoms with E-state index in [0.717, 1.165) is 35.9 Å². The van der Waals surface area contributed by atoms with E-state index in [4.69, 9.17) is 27.6 Å². The zero-order valence-corrected chi connectivity index (χ0v) is 18.2. The summed E-state index contributed by atoms with van der Waals surface area (Å²) < 4.78 is 5.77. The Morgan fingerprint density at radius 2 is 1.87 bits per heavy atom. The highest BCUT2D eigenvalue weighted by atomic mass is 35.5. The molecule has 30 heavy (non-hydrogen) atoms. The molecule has 4 rings (SSSR count). The summed E-state index contributed by atoms with van der Waals surface area (Å²) in [6.45, 7) is 1.12. The van der Waals surface area contributed by atoms with E-state index in [2.05, 4.69) is 0 Å². The predicted octanol–water partition coefficient (Wildman–Crippen LogP) is 5.30. The van der Waals surface area contributed by atoms with Crippen molar-refractivity contribution in [2.75, 3.05) is 19.6 Å². The Morgan fingerprint density at radius 1 is 1.10 bits per heavy atom. The number of halogens is 2. The lowest BCUT2D eigenvalue weighted by Gasteiger charge is -2.27. The number of thioether (sulfide) groups is 1. The zero-order valence-electron chi connectivity index (χ0n) is 15.9. The summed E-state index contributed by atoms with van der Waals surface area (Å²) in [6.07, 6.45) is 4.50. The number of likely N-dealkylation sites (tertiary alicyclic amines) is 1. The van der Waals surface area contributed by atoms with Crippen molar-refractivity contribution in [1.82, 2.24) is 9.80 Å². The first kappa shape index (κ1) is 21.0. The Bertz CT molecular complexity index is 1040. The molecule has 1 aromatic carbocycles. The predicted molar refractivity (Wildman–Crippen MR) is 117 cm³/mol. The van der Waals surface area contributed by atoms with E-state index in [0.29, 0.717) is 40.2 Å². The maximum Gasteiger partial charge on any atom is 0.294 e. The molecule has 0 atom stereocenters. The van der Waals surface area contributed by atoms with Crippen LogP contribution in [0.4, 0.5) is 4.79 Å². The smallest absolute Gasteiger partial charge is 0.294 e. The number of benzene rings is 1. The Balaban J connectivity index is 1.48. The zero-order chi connectivity index (χ0) is 21.3. The molecule has 2 aliphatic heterocycles. The number of furan rings is 1. The number of rotatable bonds is 4. The molecule has 0 radical (unpaired) electrons. The van der Waals surface area contributed by atoms with Gasteiger partial charge in [-0.3, -0.25) is 19.3 Å². The lowest BCUT2D eigenvalue weighted by Crippen LogP contribution is -2.44. The molecule has 3 amide bonds. The van der Waals surface area contributed by atoms with Gasteiger partial charge in [0.1, 0.15) is 18.1 Å². The van der Waals surface area contributed by atoms with Crippen molar-refractivity contribution in [2.24, 2.45) is 0 Å². The van der Waals surface area contributed by atoms with E-state index >= 15 is 0 Å². The number of amides is 3. The minimum Gasteiger partial charge on any atom is -0.457 e. The van der Waals surface area contributed by atoms with Crippen LogP contribution in [-0.4, -0.2) is 46.5 Å². The van der Waals surface area contributed by atoms with Crippen LogP contribution in [0.1, 0.15) is 25.0 Å². The summed E-state index contributed by atoms with van der Waals surface area (Å²) in [6, 6.07) is 8.48. The molecule has 2 aliphatic rings. The van der Waals surface area contributed by atoms with Crippen LogP contribution in [0.3, 0.4) is 0 Å². The number of hydrogen-bond acceptors (Lipinski definition) is 5. The summed E-state index contributed by atoms with van der Waals surface area (Å²) in [5.41, 5.74) is 0.668. The number of carbonyl (C=O) groups excluding carboxylic acids is 3. The Hall–Kier alpha value is -2.22. The van der Waals surface area contributed by atoms with Crippen LogP contribution >= 0.6 is 35.0 Å². The third-order valence-electron chi connectivity index (χ3n) is 4.97. The molecule has 156 valence electrons. The first-order valence-corrected chi connectivity index (χ1v) is 11.1. The van der Waals surface area contributed by atoms with E-state index in [-0.39, 0.29) is 17.4 Å². The number of hydrogen-bond donors (Lipinski definition) is 0. The van der Waals surface area contributed by atoms with Crippen LogP contribution in [0.25, 0.3) is 17.4 Å². The topological polar surface area (TPSA) is 70.8 Å². The Morgan fingerprint density at radius 3 is 2.60 bits per heavy atom. The summed E-state index contributed by atoms with van der Waals surface area (Å²) >= 11 is 12.9. The second-order valence-electron chi connectivity index (χ2n) is 7.04. The maximum atomic E-state index is 12.7. The van der Waals surface area contributed by atoms with Crippen molar-refractivity contribution in [3.05, 3.63) is 51.0 Å². The highest BCUT2D eigenvalue weighted by Gasteiger charge is 2.37. The second kappa shape index (κ2) is 8.88. The van der Waals surface area contributed by atoms with E-state index in [9.17, 15) is 14.4 Å². The quantitative estimate of drug-likeness (QED) is 0.573. The molecule has 6 nitrogen and oxygen atoms in total. The molecule has 3 heterocycles. The number of nitrogens with zero attached hydrogens (tertiary/aromatic N) is 2. The highest BCUT2D eigenvalue weighted by molar-refractivity contribution is 8.18. The van der Waals surface area contributed by atoms with Crippen molar-refractivity contribution in [3.63, 3.8) is 0 Å². The molecule has 0 bridgehead atoms. The fraction of sp³-hybridized carbons (Fsp3) is 0.286. The van der Waals surface area contributed by atoms with Gasteiger partial charge in [0.25, 0.3) is 11.1 Å². The van der Waals surface area contributed by atoms with Crippen molar-refractivity contribution >= 4 is 58.1 Å². The van der Waals surface area contributed by atoms with Crippen LogP contribution in [0.15, 0.2) is 39.7 Å². The van der Waals surface area contributed by atoms with Crippen LogP contribution < -0.4 is 0 Å². The van der Waals surface area contributed by atoms with Gasteiger partial charge >= 0.3 is 0 Å². The average Bonchev–Trinajstić information content (AvgIpc) is 3.29. The fourth-order valence-electron chi connectivity index (χ4n) is 3.41. The minimum absolute atomic E-state index is 0.198. The summed E-state index contributed by atoms with van der Waals surface area (Å²) in [5.74, 6) is 0.236. The Labute approximate surface area is 187 Å². The highest BCUT2D eigenvalue weighted by Crippen LogP contribution is 2.35. The maximum absolute atomic E-state index is 12.7. The summed E-state index contributed by atoms with van der Waals surface area (Å²) in [5, 5.41) is 0.507. The average molecular weight is 465 g/mol. The van der Waals surface area contributed by atoms with Gasteiger partial charge < -0.3 is 9.32 Å². The molecule has 0 spiro atoms. The van der Waals surface area contributed by atoms with Crippen LogP contribution in [0.5, 0.6) is 0 Å². The van der Waals surface area contributed by atoms with E-state index in [1.807, 2.05) is 0 Å². The minimum atomic E-state index is -0.488. The first-order valence-electron chi connectivity index (χ1n) is 9.51. The largest absolute Gasteiger partial charge is 0.457 e. The number of carbonyl (C=O) groups is 3. The molecule has 0 saturated carbocycles. The molecule has 0 N–H and O–H groups in total. The van der Waals surface area contributed by atoms with E-state index < -0.39 is 11.1 Å². The van der Waals surface area contributed by atoms with Crippen LogP contribution in [-0.2, 0) is 9.59 Å². The van der Waals surface area contributed by atoms with Crippen molar-refractivity contribution in [2.45, 2.75) is 19.3 Å². The molecule has 1 aromatic heterocycles. The van der Waals surface area contributed by atoms with E-state index in [1.54, 1.807) is 35.2 Å². The monoisotopic (exact) mass is 464 g/mol. The second-order valence-corrected chi connectivity index (χ2v) is 8.87. The van der Waals surface area contributed by atoms with Gasteiger partial charge in [0.2, 0.25) is 5.91 Å². The van der Waals surface area contributed by atoms with Crippen molar-refractivity contribution in [1.29, 1.82) is 0 Å². The van der Waals surface area contributed by atoms with Crippen molar-refractivity contribution < 1.29 is 18.8 Å². The van der Waals surface area contributed by atoms with Gasteiger partial charge in [-0.1, -0.05) is 23.2 Å². The molecule has 2 saturated heterocycles. The molecule has 0 unspecified atom stereocenters. The van der Waals surface area contributed by atoms with Gasteiger partial charge in [0.05, 0.1) is 9.93 Å².